The lowest BCUT2D eigenvalue weighted by molar-refractivity contribution is -0.150. The van der Waals surface area contributed by atoms with Crippen LogP contribution in [0.15, 0.2) is 18.7 Å². The number of amides is 1. The average molecular weight is 263 g/mol. The highest BCUT2D eigenvalue weighted by molar-refractivity contribution is 5.93. The molecule has 2 rings (SSSR count). The second kappa shape index (κ2) is 5.77. The van der Waals surface area contributed by atoms with Crippen molar-refractivity contribution < 1.29 is 14.7 Å². The van der Waals surface area contributed by atoms with Gasteiger partial charge in [-0.3, -0.25) is 9.59 Å². The summed E-state index contributed by atoms with van der Waals surface area (Å²) in [5.41, 5.74) is -0.470. The highest BCUT2D eigenvalue weighted by atomic mass is 16.4. The number of carboxylic acid groups (broad SMARTS) is 1. The lowest BCUT2D eigenvalue weighted by Gasteiger charge is -2.33. The largest absolute Gasteiger partial charge is 0.481 e. The summed E-state index contributed by atoms with van der Waals surface area (Å²) in [4.78, 5) is 30.8. The summed E-state index contributed by atoms with van der Waals surface area (Å²) in [6.45, 7) is 0.163. The molecular formula is C13H17N3O3. The first-order valence-corrected chi connectivity index (χ1v) is 6.41. The fourth-order valence-electron chi connectivity index (χ4n) is 2.46. The standard InChI is InChI=1S/C13H17N3O3/c17-11(10-6-14-9-15-7-10)16-8-13(12(18)19)4-2-1-3-5-13/h6-7,9H,1-5,8H2,(H,16,17)(H,18,19). The van der Waals surface area contributed by atoms with Gasteiger partial charge in [0.05, 0.1) is 11.0 Å². The molecule has 0 radical (unpaired) electrons. The third-order valence-electron chi connectivity index (χ3n) is 3.67. The van der Waals surface area contributed by atoms with Crippen LogP contribution in [-0.2, 0) is 4.79 Å². The zero-order valence-electron chi connectivity index (χ0n) is 10.6. The Morgan fingerprint density at radius 2 is 1.84 bits per heavy atom. The Balaban J connectivity index is 2.00. The molecule has 0 bridgehead atoms. The van der Waals surface area contributed by atoms with Crippen LogP contribution in [0.25, 0.3) is 0 Å². The number of nitrogens with zero attached hydrogens (tertiary/aromatic N) is 2. The Bertz CT molecular complexity index is 455. The van der Waals surface area contributed by atoms with Gasteiger partial charge in [-0.2, -0.15) is 0 Å². The first-order chi connectivity index (χ1) is 9.14. The SMILES string of the molecule is O=C(NCC1(C(=O)O)CCCCC1)c1cncnc1. The molecule has 1 aliphatic carbocycles. The van der Waals surface area contributed by atoms with Crippen LogP contribution in [0.3, 0.4) is 0 Å². The zero-order chi connectivity index (χ0) is 13.7. The molecule has 1 aliphatic rings. The van der Waals surface area contributed by atoms with Gasteiger partial charge in [-0.05, 0) is 12.8 Å². The van der Waals surface area contributed by atoms with Crippen molar-refractivity contribution in [2.24, 2.45) is 5.41 Å². The Kier molecular flexibility index (Phi) is 4.09. The maximum Gasteiger partial charge on any atom is 0.311 e. The molecule has 0 spiro atoms. The van der Waals surface area contributed by atoms with Crippen molar-refractivity contribution in [3.05, 3.63) is 24.3 Å². The maximum atomic E-state index is 11.9. The van der Waals surface area contributed by atoms with Gasteiger partial charge >= 0.3 is 5.97 Å². The highest BCUT2D eigenvalue weighted by Crippen LogP contribution is 2.36. The molecule has 1 amide bonds. The van der Waals surface area contributed by atoms with Crippen molar-refractivity contribution >= 4 is 11.9 Å². The highest BCUT2D eigenvalue weighted by Gasteiger charge is 2.39. The van der Waals surface area contributed by atoms with E-state index in [0.29, 0.717) is 18.4 Å². The number of carbonyl (C=O) groups is 2. The maximum absolute atomic E-state index is 11.9. The fraction of sp³-hybridized carbons (Fsp3) is 0.538. The van der Waals surface area contributed by atoms with E-state index >= 15 is 0 Å². The fourth-order valence-corrected chi connectivity index (χ4v) is 2.46. The molecule has 1 aromatic heterocycles. The molecule has 2 N–H and O–H groups in total. The van der Waals surface area contributed by atoms with Gasteiger partial charge in [0.15, 0.2) is 0 Å². The van der Waals surface area contributed by atoms with E-state index in [4.69, 9.17) is 0 Å². The summed E-state index contributed by atoms with van der Waals surface area (Å²) >= 11 is 0. The molecule has 0 saturated heterocycles. The van der Waals surface area contributed by atoms with E-state index in [1.807, 2.05) is 0 Å². The molecule has 0 aliphatic heterocycles. The summed E-state index contributed by atoms with van der Waals surface area (Å²) in [7, 11) is 0. The summed E-state index contributed by atoms with van der Waals surface area (Å²) in [5.74, 6) is -1.15. The normalized spacial score (nSPS) is 17.7. The number of carbonyl (C=O) groups excluding carboxylic acids is 1. The predicted octanol–water partition coefficient (Wildman–Crippen LogP) is 1.24. The molecule has 1 fully saturated rings. The summed E-state index contributed by atoms with van der Waals surface area (Å²) in [6.07, 6.45) is 8.27. The quantitative estimate of drug-likeness (QED) is 0.852. The van der Waals surface area contributed by atoms with E-state index in [1.165, 1.54) is 18.7 Å². The van der Waals surface area contributed by atoms with Crippen LogP contribution in [0.5, 0.6) is 0 Å². The number of aromatic nitrogens is 2. The van der Waals surface area contributed by atoms with Gasteiger partial charge in [-0.25, -0.2) is 9.97 Å². The van der Waals surface area contributed by atoms with E-state index in [0.717, 1.165) is 19.3 Å². The summed E-state index contributed by atoms with van der Waals surface area (Å²) in [5, 5.41) is 12.1. The van der Waals surface area contributed by atoms with Gasteiger partial charge in [0.1, 0.15) is 6.33 Å². The molecular weight excluding hydrogens is 246 g/mol. The average Bonchev–Trinajstić information content (AvgIpc) is 2.46. The topological polar surface area (TPSA) is 92.2 Å². The second-order valence-electron chi connectivity index (χ2n) is 4.96. The summed E-state index contributed by atoms with van der Waals surface area (Å²) < 4.78 is 0. The first-order valence-electron chi connectivity index (χ1n) is 6.41. The molecule has 19 heavy (non-hydrogen) atoms. The van der Waals surface area contributed by atoms with Crippen molar-refractivity contribution in [3.63, 3.8) is 0 Å². The molecule has 6 nitrogen and oxygen atoms in total. The predicted molar refractivity (Wildman–Crippen MR) is 67.5 cm³/mol. The van der Waals surface area contributed by atoms with Crippen LogP contribution < -0.4 is 5.32 Å². The molecule has 1 saturated carbocycles. The Hall–Kier alpha value is -1.98. The van der Waals surface area contributed by atoms with E-state index in [1.54, 1.807) is 0 Å². The van der Waals surface area contributed by atoms with Crippen LogP contribution in [0.1, 0.15) is 42.5 Å². The molecule has 1 heterocycles. The molecule has 0 unspecified atom stereocenters. The zero-order valence-corrected chi connectivity index (χ0v) is 10.6. The lowest BCUT2D eigenvalue weighted by Crippen LogP contribution is -2.44. The Morgan fingerprint density at radius 1 is 1.21 bits per heavy atom. The monoisotopic (exact) mass is 263 g/mol. The van der Waals surface area contributed by atoms with Crippen LogP contribution in [0, 0.1) is 5.41 Å². The smallest absolute Gasteiger partial charge is 0.311 e. The van der Waals surface area contributed by atoms with Crippen LogP contribution >= 0.6 is 0 Å². The van der Waals surface area contributed by atoms with Crippen LogP contribution in [-0.4, -0.2) is 33.5 Å². The third kappa shape index (κ3) is 3.07. The van der Waals surface area contributed by atoms with Crippen molar-refractivity contribution in [2.45, 2.75) is 32.1 Å². The minimum absolute atomic E-state index is 0.163. The Morgan fingerprint density at radius 3 is 2.42 bits per heavy atom. The van der Waals surface area contributed by atoms with E-state index in [-0.39, 0.29) is 12.5 Å². The van der Waals surface area contributed by atoms with Crippen LogP contribution in [0.2, 0.25) is 0 Å². The number of hydrogen-bond donors (Lipinski definition) is 2. The number of hydrogen-bond acceptors (Lipinski definition) is 4. The minimum Gasteiger partial charge on any atom is -0.481 e. The van der Waals surface area contributed by atoms with E-state index in [2.05, 4.69) is 15.3 Å². The van der Waals surface area contributed by atoms with E-state index in [9.17, 15) is 14.7 Å². The molecule has 0 atom stereocenters. The van der Waals surface area contributed by atoms with Gasteiger partial charge in [0.2, 0.25) is 0 Å². The van der Waals surface area contributed by atoms with Gasteiger partial charge in [0, 0.05) is 18.9 Å². The number of aliphatic carboxylic acids is 1. The second-order valence-corrected chi connectivity index (χ2v) is 4.96. The number of rotatable bonds is 4. The molecule has 0 aromatic carbocycles. The van der Waals surface area contributed by atoms with Crippen molar-refractivity contribution in [3.8, 4) is 0 Å². The van der Waals surface area contributed by atoms with Gasteiger partial charge < -0.3 is 10.4 Å². The first kappa shape index (κ1) is 13.5. The lowest BCUT2D eigenvalue weighted by atomic mass is 9.74. The van der Waals surface area contributed by atoms with Crippen molar-refractivity contribution in [1.82, 2.24) is 15.3 Å². The van der Waals surface area contributed by atoms with Gasteiger partial charge in [-0.15, -0.1) is 0 Å². The van der Waals surface area contributed by atoms with Gasteiger partial charge in [-0.1, -0.05) is 19.3 Å². The Labute approximate surface area is 111 Å². The minimum atomic E-state index is -0.822. The number of carboxylic acids is 1. The molecule has 102 valence electrons. The summed E-state index contributed by atoms with van der Waals surface area (Å²) in [6, 6.07) is 0. The third-order valence-corrected chi connectivity index (χ3v) is 3.67. The number of nitrogens with one attached hydrogen (secondary N) is 1. The van der Waals surface area contributed by atoms with Crippen LogP contribution in [0.4, 0.5) is 0 Å². The van der Waals surface area contributed by atoms with E-state index < -0.39 is 11.4 Å². The molecule has 6 heteroatoms. The van der Waals surface area contributed by atoms with Crippen molar-refractivity contribution in [1.29, 1.82) is 0 Å². The van der Waals surface area contributed by atoms with Gasteiger partial charge in [0.25, 0.3) is 5.91 Å². The van der Waals surface area contributed by atoms with Crippen molar-refractivity contribution in [2.75, 3.05) is 6.54 Å². The molecule has 1 aromatic rings.